The number of phosphoric ester groups is 1. The molecule has 1 unspecified atom stereocenters. The number of esters is 2. The van der Waals surface area contributed by atoms with Crippen molar-refractivity contribution >= 4 is 31.8 Å². The molecule has 266 valence electrons. The van der Waals surface area contributed by atoms with Crippen LogP contribution in [0, 0.1) is 0 Å². The normalized spacial score (nSPS) is 13.9. The van der Waals surface area contributed by atoms with Gasteiger partial charge in [0, 0.05) is 19.3 Å². The van der Waals surface area contributed by atoms with Crippen LogP contribution in [0.3, 0.4) is 0 Å². The molecule has 0 aliphatic carbocycles. The molecule has 0 aromatic rings. The van der Waals surface area contributed by atoms with E-state index in [1.165, 1.54) is 38.5 Å². The fourth-order valence-corrected chi connectivity index (χ4v) is 4.98. The second-order valence-corrected chi connectivity index (χ2v) is 14.0. The Morgan fingerprint density at radius 2 is 1.35 bits per heavy atom. The van der Waals surface area contributed by atoms with Gasteiger partial charge in [0.05, 0.1) is 27.7 Å². The number of rotatable bonds is 31. The standard InChI is InChI=1S/C34H60NO10P/c1-5-6-7-8-9-10-11-12-13-14-15-16-17-18-19-24-33(38)42-29-32(30-44-46(40,41)43-28-26-35(2,3)4)45-34(39)25-20-22-31(37)23-21-27-36/h12-13,21,23,27,32H,5-11,14-20,22,24-26,28-30H2,1-4H3/p+1/b13-12-,23-21+/t32-/m1/s1. The van der Waals surface area contributed by atoms with Gasteiger partial charge in [-0.25, -0.2) is 4.57 Å². The van der Waals surface area contributed by atoms with E-state index in [4.69, 9.17) is 18.5 Å². The van der Waals surface area contributed by atoms with Crippen LogP contribution in [-0.4, -0.2) is 87.0 Å². The SMILES string of the molecule is CCCCCCCC/C=C\CCCCCCCC(=O)OC[C@H](COP(=O)(O)OCC[N+](C)(C)C)OC(=O)CCCC(=O)/C=C/C=O. The molecule has 11 nitrogen and oxygen atoms in total. The summed E-state index contributed by atoms with van der Waals surface area (Å²) in [5.41, 5.74) is 0. The van der Waals surface area contributed by atoms with Crippen LogP contribution in [-0.2, 0) is 42.3 Å². The highest BCUT2D eigenvalue weighted by atomic mass is 31.2. The van der Waals surface area contributed by atoms with Crippen LogP contribution in [0.15, 0.2) is 24.3 Å². The highest BCUT2D eigenvalue weighted by Crippen LogP contribution is 2.43. The van der Waals surface area contributed by atoms with Gasteiger partial charge in [-0.2, -0.15) is 0 Å². The Labute approximate surface area is 277 Å². The molecule has 12 heteroatoms. The molecule has 46 heavy (non-hydrogen) atoms. The van der Waals surface area contributed by atoms with Crippen molar-refractivity contribution < 1.29 is 51.6 Å². The molecule has 0 fully saturated rings. The Kier molecular flexibility index (Phi) is 26.6. The fourth-order valence-electron chi connectivity index (χ4n) is 4.24. The van der Waals surface area contributed by atoms with E-state index in [1.807, 2.05) is 21.1 Å². The van der Waals surface area contributed by atoms with Gasteiger partial charge < -0.3 is 18.9 Å². The number of carbonyl (C=O) groups excluding carboxylic acids is 4. The van der Waals surface area contributed by atoms with Crippen LogP contribution in [0.5, 0.6) is 0 Å². The number of quaternary nitrogens is 1. The van der Waals surface area contributed by atoms with Crippen LogP contribution >= 0.6 is 7.82 Å². The Morgan fingerprint density at radius 1 is 0.761 bits per heavy atom. The molecule has 0 aromatic heterocycles. The summed E-state index contributed by atoms with van der Waals surface area (Å²) < 4.78 is 33.5. The smallest absolute Gasteiger partial charge is 0.462 e. The van der Waals surface area contributed by atoms with Gasteiger partial charge in [0.15, 0.2) is 11.9 Å². The largest absolute Gasteiger partial charge is 0.472 e. The molecule has 0 rings (SSSR count). The van der Waals surface area contributed by atoms with Crippen molar-refractivity contribution in [2.45, 2.75) is 122 Å². The number of phosphoric acid groups is 1. The van der Waals surface area contributed by atoms with Gasteiger partial charge in [-0.3, -0.25) is 28.2 Å². The summed E-state index contributed by atoms with van der Waals surface area (Å²) in [6, 6.07) is 0. The summed E-state index contributed by atoms with van der Waals surface area (Å²) in [4.78, 5) is 56.7. The molecule has 0 heterocycles. The topological polar surface area (TPSA) is 142 Å². The van der Waals surface area contributed by atoms with Gasteiger partial charge >= 0.3 is 19.8 Å². The van der Waals surface area contributed by atoms with Gasteiger partial charge in [-0.15, -0.1) is 0 Å². The summed E-state index contributed by atoms with van der Waals surface area (Å²) >= 11 is 0. The highest BCUT2D eigenvalue weighted by molar-refractivity contribution is 7.47. The van der Waals surface area contributed by atoms with E-state index in [9.17, 15) is 28.6 Å². The summed E-state index contributed by atoms with van der Waals surface area (Å²) in [5, 5.41) is 0. The monoisotopic (exact) mass is 674 g/mol. The molecule has 0 bridgehead atoms. The van der Waals surface area contributed by atoms with Crippen LogP contribution < -0.4 is 0 Å². The van der Waals surface area contributed by atoms with Crippen molar-refractivity contribution in [1.29, 1.82) is 0 Å². The molecule has 0 radical (unpaired) electrons. The quantitative estimate of drug-likeness (QED) is 0.0158. The van der Waals surface area contributed by atoms with E-state index in [0.29, 0.717) is 23.7 Å². The molecular formula is C34H61NO10P+. The first kappa shape index (κ1) is 43.8. The van der Waals surface area contributed by atoms with Crippen LogP contribution in [0.2, 0.25) is 0 Å². The van der Waals surface area contributed by atoms with E-state index in [1.54, 1.807) is 0 Å². The molecule has 0 amide bonds. The summed E-state index contributed by atoms with van der Waals surface area (Å²) in [5.74, 6) is -1.46. The third-order valence-corrected chi connectivity index (χ3v) is 7.96. The number of unbranched alkanes of at least 4 members (excludes halogenated alkanes) is 11. The Morgan fingerprint density at radius 3 is 1.96 bits per heavy atom. The Balaban J connectivity index is 4.46. The lowest BCUT2D eigenvalue weighted by atomic mass is 10.1. The maximum absolute atomic E-state index is 12.4. The zero-order chi connectivity index (χ0) is 34.5. The summed E-state index contributed by atoms with van der Waals surface area (Å²) in [6.07, 6.45) is 21.4. The molecular weight excluding hydrogens is 613 g/mol. The maximum Gasteiger partial charge on any atom is 0.472 e. The first-order valence-corrected chi connectivity index (χ1v) is 18.4. The molecule has 0 saturated heterocycles. The van der Waals surface area contributed by atoms with E-state index >= 15 is 0 Å². The minimum Gasteiger partial charge on any atom is -0.462 e. The van der Waals surface area contributed by atoms with Crippen molar-refractivity contribution in [3.63, 3.8) is 0 Å². The molecule has 1 N–H and O–H groups in total. The van der Waals surface area contributed by atoms with E-state index < -0.39 is 32.5 Å². The summed E-state index contributed by atoms with van der Waals surface area (Å²) in [6.45, 7) is 1.79. The van der Waals surface area contributed by atoms with Crippen molar-refractivity contribution in [2.75, 3.05) is 47.5 Å². The number of hydrogen-bond donors (Lipinski definition) is 1. The number of ether oxygens (including phenoxy) is 2. The summed E-state index contributed by atoms with van der Waals surface area (Å²) in [7, 11) is 1.27. The zero-order valence-electron chi connectivity index (χ0n) is 28.8. The molecule has 0 aliphatic rings. The molecule has 0 aliphatic heterocycles. The van der Waals surface area contributed by atoms with Gasteiger partial charge in [0.2, 0.25) is 0 Å². The van der Waals surface area contributed by atoms with E-state index in [2.05, 4.69) is 19.1 Å². The predicted molar refractivity (Wildman–Crippen MR) is 179 cm³/mol. The van der Waals surface area contributed by atoms with Gasteiger partial charge in [-0.05, 0) is 50.7 Å². The van der Waals surface area contributed by atoms with Crippen LogP contribution in [0.1, 0.15) is 116 Å². The first-order chi connectivity index (χ1) is 21.9. The lowest BCUT2D eigenvalue weighted by Gasteiger charge is -2.24. The lowest BCUT2D eigenvalue weighted by molar-refractivity contribution is -0.870. The molecule has 0 aromatic carbocycles. The number of aldehydes is 1. The third-order valence-electron chi connectivity index (χ3n) is 6.98. The second kappa shape index (κ2) is 27.9. The highest BCUT2D eigenvalue weighted by Gasteiger charge is 2.27. The van der Waals surface area contributed by atoms with Gasteiger partial charge in [0.1, 0.15) is 26.0 Å². The van der Waals surface area contributed by atoms with Crippen molar-refractivity contribution in [2.24, 2.45) is 0 Å². The molecule has 2 atom stereocenters. The number of likely N-dealkylation sites (N-methyl/N-ethyl adjacent to an activating group) is 1. The fraction of sp³-hybridized carbons (Fsp3) is 0.765. The van der Waals surface area contributed by atoms with Gasteiger partial charge in [-0.1, -0.05) is 70.4 Å². The number of carbonyl (C=O) groups is 4. The average molecular weight is 675 g/mol. The van der Waals surface area contributed by atoms with Crippen molar-refractivity contribution in [1.82, 2.24) is 0 Å². The van der Waals surface area contributed by atoms with Crippen molar-refractivity contribution in [3.05, 3.63) is 24.3 Å². The number of hydrogen-bond acceptors (Lipinski definition) is 9. The van der Waals surface area contributed by atoms with Gasteiger partial charge in [0.25, 0.3) is 0 Å². The minimum atomic E-state index is -4.44. The maximum atomic E-state index is 12.4. The Hall–Kier alpha value is -2.17. The number of allylic oxidation sites excluding steroid dienone is 4. The molecule has 0 saturated carbocycles. The van der Waals surface area contributed by atoms with Crippen LogP contribution in [0.4, 0.5) is 0 Å². The lowest BCUT2D eigenvalue weighted by Crippen LogP contribution is -2.37. The minimum absolute atomic E-state index is 0.0285. The van der Waals surface area contributed by atoms with E-state index in [0.717, 1.165) is 50.7 Å². The van der Waals surface area contributed by atoms with Crippen LogP contribution in [0.25, 0.3) is 0 Å². The third kappa shape index (κ3) is 30.5. The molecule has 0 spiro atoms. The second-order valence-electron chi connectivity index (χ2n) is 12.6. The predicted octanol–water partition coefficient (Wildman–Crippen LogP) is 6.81. The van der Waals surface area contributed by atoms with E-state index in [-0.39, 0.29) is 44.7 Å². The number of nitrogens with zero attached hydrogens (tertiary/aromatic N) is 1. The van der Waals surface area contributed by atoms with Crippen molar-refractivity contribution in [3.8, 4) is 0 Å². The number of ketones is 1. The average Bonchev–Trinajstić information content (AvgIpc) is 2.98. The first-order valence-electron chi connectivity index (χ1n) is 17.0. The zero-order valence-corrected chi connectivity index (χ0v) is 29.7. The Bertz CT molecular complexity index is 945.